The van der Waals surface area contributed by atoms with Crippen molar-refractivity contribution in [3.8, 4) is 0 Å². The van der Waals surface area contributed by atoms with Crippen LogP contribution < -0.4 is 5.69 Å². The lowest BCUT2D eigenvalue weighted by atomic mass is 10.2. The molecular formula is C12H19N3O3. The quantitative estimate of drug-likeness (QED) is 0.573. The molecule has 0 saturated carbocycles. The highest BCUT2D eigenvalue weighted by molar-refractivity contribution is 5.68. The maximum atomic E-state index is 11.9. The molecule has 6 nitrogen and oxygen atoms in total. The molecule has 0 bridgehead atoms. The minimum atomic E-state index is -0.388. The van der Waals surface area contributed by atoms with Crippen molar-refractivity contribution in [3.05, 3.63) is 16.3 Å². The lowest BCUT2D eigenvalue weighted by Crippen LogP contribution is -2.29. The Morgan fingerprint density at radius 3 is 3.00 bits per heavy atom. The van der Waals surface area contributed by atoms with Gasteiger partial charge in [0.15, 0.2) is 0 Å². The van der Waals surface area contributed by atoms with Crippen LogP contribution in [0.2, 0.25) is 0 Å². The average molecular weight is 253 g/mol. The molecule has 0 N–H and O–H groups in total. The fourth-order valence-corrected chi connectivity index (χ4v) is 2.05. The summed E-state index contributed by atoms with van der Waals surface area (Å²) in [7, 11) is 0. The number of hydrogen-bond donors (Lipinski definition) is 0. The molecule has 0 amide bonds. The van der Waals surface area contributed by atoms with Crippen LogP contribution in [0.3, 0.4) is 0 Å². The second kappa shape index (κ2) is 5.84. The zero-order valence-corrected chi connectivity index (χ0v) is 10.7. The van der Waals surface area contributed by atoms with Crippen LogP contribution in [0.1, 0.15) is 38.4 Å². The van der Waals surface area contributed by atoms with Gasteiger partial charge in [0, 0.05) is 13.0 Å². The van der Waals surface area contributed by atoms with E-state index in [4.69, 9.17) is 4.74 Å². The van der Waals surface area contributed by atoms with E-state index in [1.807, 2.05) is 6.92 Å². The van der Waals surface area contributed by atoms with Crippen LogP contribution in [0, 0.1) is 0 Å². The molecule has 0 spiro atoms. The van der Waals surface area contributed by atoms with Crippen LogP contribution in [-0.4, -0.2) is 26.9 Å². The predicted molar refractivity (Wildman–Crippen MR) is 65.3 cm³/mol. The number of rotatable bonds is 5. The third kappa shape index (κ3) is 2.80. The summed E-state index contributed by atoms with van der Waals surface area (Å²) in [6.45, 7) is 3.07. The Morgan fingerprint density at radius 2 is 2.28 bits per heavy atom. The monoisotopic (exact) mass is 253 g/mol. The second-order valence-electron chi connectivity index (χ2n) is 4.54. The molecule has 0 aromatic carbocycles. The van der Waals surface area contributed by atoms with Crippen LogP contribution >= 0.6 is 0 Å². The highest BCUT2D eigenvalue weighted by Gasteiger charge is 2.18. The highest BCUT2D eigenvalue weighted by Crippen LogP contribution is 2.09. The van der Waals surface area contributed by atoms with Gasteiger partial charge in [-0.2, -0.15) is 5.10 Å². The molecular weight excluding hydrogens is 234 g/mol. The van der Waals surface area contributed by atoms with E-state index in [-0.39, 0.29) is 18.2 Å². The van der Waals surface area contributed by atoms with Gasteiger partial charge in [-0.1, -0.05) is 13.3 Å². The van der Waals surface area contributed by atoms with E-state index in [1.54, 1.807) is 4.57 Å². The van der Waals surface area contributed by atoms with Gasteiger partial charge in [0.1, 0.15) is 12.4 Å². The van der Waals surface area contributed by atoms with Gasteiger partial charge < -0.3 is 4.74 Å². The van der Waals surface area contributed by atoms with Crippen LogP contribution in [-0.2, 0) is 29.0 Å². The van der Waals surface area contributed by atoms with E-state index < -0.39 is 0 Å². The SMILES string of the molecule is CCCCOC(=O)Cn1nc2n(c1=O)CCCC2. The van der Waals surface area contributed by atoms with Crippen LogP contribution in [0.5, 0.6) is 0 Å². The summed E-state index contributed by atoms with van der Waals surface area (Å²) in [5.41, 5.74) is -0.197. The summed E-state index contributed by atoms with van der Waals surface area (Å²) in [5, 5.41) is 4.18. The minimum absolute atomic E-state index is 0.0808. The van der Waals surface area contributed by atoms with Crippen molar-refractivity contribution in [1.29, 1.82) is 0 Å². The highest BCUT2D eigenvalue weighted by atomic mass is 16.5. The largest absolute Gasteiger partial charge is 0.464 e. The number of esters is 1. The predicted octanol–water partition coefficient (Wildman–Crippen LogP) is 0.724. The number of hydrogen-bond acceptors (Lipinski definition) is 4. The fourth-order valence-electron chi connectivity index (χ4n) is 2.05. The molecule has 18 heavy (non-hydrogen) atoms. The number of ether oxygens (including phenoxy) is 1. The van der Waals surface area contributed by atoms with E-state index in [0.717, 1.165) is 37.9 Å². The molecule has 0 saturated heterocycles. The average Bonchev–Trinajstić information content (AvgIpc) is 2.67. The third-order valence-corrected chi connectivity index (χ3v) is 3.07. The topological polar surface area (TPSA) is 66.1 Å². The number of carbonyl (C=O) groups is 1. The Kier molecular flexibility index (Phi) is 4.17. The first-order valence-electron chi connectivity index (χ1n) is 6.54. The Balaban J connectivity index is 1.99. The fraction of sp³-hybridized carbons (Fsp3) is 0.750. The van der Waals surface area contributed by atoms with E-state index >= 15 is 0 Å². The first-order valence-corrected chi connectivity index (χ1v) is 6.54. The number of carbonyl (C=O) groups excluding carboxylic acids is 1. The Bertz CT molecular complexity index is 475. The summed E-state index contributed by atoms with van der Waals surface area (Å²) in [5.74, 6) is 0.397. The maximum Gasteiger partial charge on any atom is 0.346 e. The molecule has 0 fully saturated rings. The molecule has 1 aliphatic rings. The van der Waals surface area contributed by atoms with E-state index in [2.05, 4.69) is 5.10 Å². The van der Waals surface area contributed by atoms with Crippen LogP contribution in [0.4, 0.5) is 0 Å². The lowest BCUT2D eigenvalue weighted by molar-refractivity contribution is -0.144. The normalized spacial score (nSPS) is 14.3. The van der Waals surface area contributed by atoms with Gasteiger partial charge in [-0.15, -0.1) is 0 Å². The van der Waals surface area contributed by atoms with Gasteiger partial charge in [-0.3, -0.25) is 9.36 Å². The molecule has 6 heteroatoms. The van der Waals surface area contributed by atoms with Crippen molar-refractivity contribution >= 4 is 5.97 Å². The second-order valence-corrected chi connectivity index (χ2v) is 4.54. The molecule has 2 rings (SSSR count). The van der Waals surface area contributed by atoms with E-state index in [0.29, 0.717) is 13.2 Å². The lowest BCUT2D eigenvalue weighted by Gasteiger charge is -2.09. The molecule has 1 aliphatic heterocycles. The zero-order chi connectivity index (χ0) is 13.0. The van der Waals surface area contributed by atoms with Gasteiger partial charge in [0.25, 0.3) is 0 Å². The number of aryl methyl sites for hydroxylation is 1. The van der Waals surface area contributed by atoms with Crippen molar-refractivity contribution in [3.63, 3.8) is 0 Å². The van der Waals surface area contributed by atoms with Gasteiger partial charge in [0.05, 0.1) is 6.61 Å². The summed E-state index contributed by atoms with van der Waals surface area (Å²) in [4.78, 5) is 23.5. The Labute approximate surface area is 106 Å². The molecule has 0 aliphatic carbocycles. The molecule has 100 valence electrons. The van der Waals surface area contributed by atoms with Crippen molar-refractivity contribution in [2.24, 2.45) is 0 Å². The molecule has 0 atom stereocenters. The molecule has 1 aromatic heterocycles. The number of unbranched alkanes of at least 4 members (excludes halogenated alkanes) is 1. The van der Waals surface area contributed by atoms with Gasteiger partial charge >= 0.3 is 11.7 Å². The van der Waals surface area contributed by atoms with Gasteiger partial charge in [-0.25, -0.2) is 9.48 Å². The standard InChI is InChI=1S/C12H19N3O3/c1-2-3-8-18-11(16)9-15-12(17)14-7-5-4-6-10(14)13-15/h2-9H2,1H3. The molecule has 0 unspecified atom stereocenters. The van der Waals surface area contributed by atoms with Crippen molar-refractivity contribution in [2.45, 2.75) is 52.1 Å². The van der Waals surface area contributed by atoms with E-state index in [1.165, 1.54) is 4.68 Å². The first-order chi connectivity index (χ1) is 8.72. The first kappa shape index (κ1) is 12.9. The molecule has 1 aromatic rings. The minimum Gasteiger partial charge on any atom is -0.464 e. The molecule has 2 heterocycles. The summed E-state index contributed by atoms with van der Waals surface area (Å²) < 4.78 is 7.90. The summed E-state index contributed by atoms with van der Waals surface area (Å²) in [6.07, 6.45) is 4.69. The van der Waals surface area contributed by atoms with Crippen molar-refractivity contribution < 1.29 is 9.53 Å². The Morgan fingerprint density at radius 1 is 1.44 bits per heavy atom. The van der Waals surface area contributed by atoms with Crippen LogP contribution in [0.25, 0.3) is 0 Å². The number of fused-ring (bicyclic) bond motifs is 1. The van der Waals surface area contributed by atoms with Gasteiger partial charge in [-0.05, 0) is 19.3 Å². The third-order valence-electron chi connectivity index (χ3n) is 3.07. The van der Waals surface area contributed by atoms with Crippen molar-refractivity contribution in [2.75, 3.05) is 6.61 Å². The summed E-state index contributed by atoms with van der Waals surface area (Å²) >= 11 is 0. The van der Waals surface area contributed by atoms with Crippen LogP contribution in [0.15, 0.2) is 4.79 Å². The van der Waals surface area contributed by atoms with Crippen molar-refractivity contribution in [1.82, 2.24) is 14.3 Å². The summed E-state index contributed by atoms with van der Waals surface area (Å²) in [6, 6.07) is 0. The molecule has 0 radical (unpaired) electrons. The number of nitrogens with zero attached hydrogens (tertiary/aromatic N) is 3. The maximum absolute atomic E-state index is 11.9. The zero-order valence-electron chi connectivity index (χ0n) is 10.7. The van der Waals surface area contributed by atoms with E-state index in [9.17, 15) is 9.59 Å². The smallest absolute Gasteiger partial charge is 0.346 e. The Hall–Kier alpha value is -1.59. The number of aromatic nitrogens is 3. The van der Waals surface area contributed by atoms with Gasteiger partial charge in [0.2, 0.25) is 0 Å².